The molecular weight excluding hydrogens is 628 g/mol. The number of carboxylic acid groups (broad SMARTS) is 2. The Bertz CT molecular complexity index is 638. The van der Waals surface area contributed by atoms with Crippen molar-refractivity contribution in [3.05, 3.63) is 0 Å². The molecule has 4 fully saturated rings. The van der Waals surface area contributed by atoms with Gasteiger partial charge in [0.05, 0.1) is 0 Å². The van der Waals surface area contributed by atoms with E-state index in [9.17, 15) is 30.0 Å². The molecular formula is C12H18O15Sb2. The molecule has 29 heavy (non-hydrogen) atoms. The van der Waals surface area contributed by atoms with Crippen molar-refractivity contribution in [3.8, 4) is 0 Å². The Labute approximate surface area is 174 Å². The average molecular weight is 646 g/mol. The molecule has 4 bridgehead atoms. The van der Waals surface area contributed by atoms with Crippen molar-refractivity contribution in [2.45, 2.75) is 48.8 Å². The van der Waals surface area contributed by atoms with E-state index < -0.39 is 115 Å². The minimum absolute atomic E-state index is 0.748. The maximum atomic E-state index is 11.5. The summed E-state index contributed by atoms with van der Waals surface area (Å²) >= 11 is -10.3. The molecule has 0 aromatic heterocycles. The summed E-state index contributed by atoms with van der Waals surface area (Å²) in [5.41, 5.74) is 0. The molecule has 4 aliphatic heterocycles. The van der Waals surface area contributed by atoms with Gasteiger partial charge in [0.1, 0.15) is 0 Å². The molecule has 4 heterocycles. The van der Waals surface area contributed by atoms with E-state index in [4.69, 9.17) is 29.6 Å². The topological polar surface area (TPSA) is 220 Å². The summed E-state index contributed by atoms with van der Waals surface area (Å²) in [5.74, 6) is -2.84. The van der Waals surface area contributed by atoms with Gasteiger partial charge in [-0.15, -0.1) is 0 Å². The van der Waals surface area contributed by atoms with Crippen LogP contribution in [-0.2, 0) is 29.0 Å². The first-order chi connectivity index (χ1) is 13.6. The van der Waals surface area contributed by atoms with Crippen LogP contribution in [0.3, 0.4) is 0 Å². The third kappa shape index (κ3) is 3.69. The molecule has 17 heteroatoms. The molecule has 0 aromatic carbocycles. The van der Waals surface area contributed by atoms with Gasteiger partial charge in [0.2, 0.25) is 0 Å². The van der Waals surface area contributed by atoms with Gasteiger partial charge in [-0.2, -0.15) is 0 Å². The van der Waals surface area contributed by atoms with E-state index in [0.29, 0.717) is 0 Å². The Morgan fingerprint density at radius 1 is 0.759 bits per heavy atom. The molecule has 2 radical (unpaired) electrons. The van der Waals surface area contributed by atoms with Crippen LogP contribution in [0.2, 0.25) is 0 Å². The van der Waals surface area contributed by atoms with Gasteiger partial charge in [-0.1, -0.05) is 0 Å². The molecule has 4 rings (SSSR count). The van der Waals surface area contributed by atoms with Crippen LogP contribution in [0.4, 0.5) is 0 Å². The number of fused-ring (bicyclic) bond motifs is 4. The van der Waals surface area contributed by atoms with Crippen LogP contribution >= 0.6 is 0 Å². The molecule has 10 unspecified atom stereocenters. The van der Waals surface area contributed by atoms with Crippen molar-refractivity contribution in [3.63, 3.8) is 0 Å². The van der Waals surface area contributed by atoms with Gasteiger partial charge in [0.25, 0.3) is 0 Å². The Hall–Kier alpha value is 0.136. The van der Waals surface area contributed by atoms with Gasteiger partial charge in [0.15, 0.2) is 0 Å². The van der Waals surface area contributed by atoms with Crippen molar-refractivity contribution >= 4 is 52.9 Å². The maximum absolute atomic E-state index is 11.5. The van der Waals surface area contributed by atoms with E-state index in [1.54, 1.807) is 0 Å². The predicted molar refractivity (Wildman–Crippen MR) is 83.3 cm³/mol. The number of hydrogen-bond acceptors (Lipinski definition) is 13. The quantitative estimate of drug-likeness (QED) is 0.136. The molecule has 0 amide bonds. The standard InChI is InChI=1S/2C6H9O7.O.2Sb/c2*7-1-2(8)3(9)4(10)5(11)6(12)13;;;/h2*2-5,7-8H,1H2,(H,12,13);;;/q2*-3;;2*+3. The van der Waals surface area contributed by atoms with E-state index in [1.807, 2.05) is 0 Å². The van der Waals surface area contributed by atoms with Crippen LogP contribution in [-0.4, -0.2) is 146 Å². The second kappa shape index (κ2) is 7.92. The fraction of sp³-hybridized carbons (Fsp3) is 0.833. The molecule has 6 N–H and O–H groups in total. The number of aliphatic carboxylic acids is 2. The molecule has 0 aromatic rings. The summed E-state index contributed by atoms with van der Waals surface area (Å²) in [6.45, 7) is -1.50. The second-order valence-electron chi connectivity index (χ2n) is 6.48. The number of rotatable bonds is 8. The summed E-state index contributed by atoms with van der Waals surface area (Å²) in [5, 5.41) is 56.8. The van der Waals surface area contributed by atoms with Crippen molar-refractivity contribution in [1.82, 2.24) is 0 Å². The number of hydrogen-bond donors (Lipinski definition) is 6. The zero-order chi connectivity index (χ0) is 21.1. The van der Waals surface area contributed by atoms with E-state index >= 15 is 0 Å². The summed E-state index contributed by atoms with van der Waals surface area (Å²) in [6.07, 6.45) is -11.2. The van der Waals surface area contributed by atoms with E-state index in [1.165, 1.54) is 0 Å². The number of aliphatic hydroxyl groups excluding tert-OH is 4. The second-order valence-corrected chi connectivity index (χ2v) is 18.8. The first-order valence-electron chi connectivity index (χ1n) is 8.27. The van der Waals surface area contributed by atoms with Crippen LogP contribution in [0, 0.1) is 0 Å². The van der Waals surface area contributed by atoms with Crippen molar-refractivity contribution in [2.24, 2.45) is 0 Å². The Morgan fingerprint density at radius 3 is 1.45 bits per heavy atom. The average Bonchev–Trinajstić information content (AvgIpc) is 3.42. The first-order valence-corrected chi connectivity index (χ1v) is 16.6. The zero-order valence-corrected chi connectivity index (χ0v) is 19.4. The van der Waals surface area contributed by atoms with Gasteiger partial charge in [-0.3, -0.25) is 0 Å². The van der Waals surface area contributed by atoms with Crippen LogP contribution in [0.5, 0.6) is 0 Å². The van der Waals surface area contributed by atoms with Gasteiger partial charge in [-0.05, 0) is 0 Å². The summed E-state index contributed by atoms with van der Waals surface area (Å²) in [7, 11) is 0. The molecule has 4 saturated heterocycles. The van der Waals surface area contributed by atoms with Crippen LogP contribution in [0.1, 0.15) is 0 Å². The van der Waals surface area contributed by atoms with Crippen LogP contribution in [0.25, 0.3) is 0 Å². The van der Waals surface area contributed by atoms with E-state index in [0.717, 1.165) is 0 Å². The Morgan fingerprint density at radius 2 is 1.14 bits per heavy atom. The van der Waals surface area contributed by atoms with Crippen molar-refractivity contribution in [2.75, 3.05) is 13.2 Å². The number of carbonyl (C=O) groups is 2. The van der Waals surface area contributed by atoms with Gasteiger partial charge < -0.3 is 0 Å². The predicted octanol–water partition coefficient (Wildman–Crippen LogP) is -4.88. The molecule has 15 nitrogen and oxygen atoms in total. The number of aliphatic hydroxyl groups is 4. The third-order valence-electron chi connectivity index (χ3n) is 4.55. The molecule has 4 aliphatic rings. The normalized spacial score (nSPS) is 47.4. The van der Waals surface area contributed by atoms with Gasteiger partial charge in [0, 0.05) is 0 Å². The van der Waals surface area contributed by atoms with Gasteiger partial charge >= 0.3 is 175 Å². The zero-order valence-electron chi connectivity index (χ0n) is 14.3. The fourth-order valence-electron chi connectivity index (χ4n) is 3.23. The number of carboxylic acids is 2. The molecule has 10 atom stereocenters. The summed E-state index contributed by atoms with van der Waals surface area (Å²) in [6, 6.07) is 0. The SMILES string of the molecule is O=C(O)C1[O][Sb]2([O][Sb]34[O]C(C(=O)O)C([O]3)C(C(O)CO)[O]4)[O]C(C(O)CO)C1[O]2. The van der Waals surface area contributed by atoms with E-state index in [-0.39, 0.29) is 0 Å². The molecule has 0 saturated carbocycles. The van der Waals surface area contributed by atoms with Gasteiger partial charge in [-0.25, -0.2) is 0 Å². The molecule has 0 spiro atoms. The van der Waals surface area contributed by atoms with Crippen molar-refractivity contribution < 1.29 is 59.6 Å². The molecule has 166 valence electrons. The molecule has 0 aliphatic carbocycles. The Balaban J connectivity index is 1.59. The van der Waals surface area contributed by atoms with Crippen LogP contribution in [0.15, 0.2) is 0 Å². The first kappa shape index (κ1) is 22.3. The fourth-order valence-corrected chi connectivity index (χ4v) is 23.5. The van der Waals surface area contributed by atoms with Crippen LogP contribution < -0.4 is 0 Å². The summed E-state index contributed by atoms with van der Waals surface area (Å²) < 4.78 is 38.5. The van der Waals surface area contributed by atoms with E-state index in [2.05, 4.69) is 0 Å². The minimum atomic E-state index is -5.13. The third-order valence-corrected chi connectivity index (χ3v) is 21.8. The monoisotopic (exact) mass is 644 g/mol. The van der Waals surface area contributed by atoms with Crippen molar-refractivity contribution in [1.29, 1.82) is 0 Å². The Kier molecular flexibility index (Phi) is 6.10. The summed E-state index contributed by atoms with van der Waals surface area (Å²) in [4.78, 5) is 22.9.